The summed E-state index contributed by atoms with van der Waals surface area (Å²) in [6.07, 6.45) is 0.885. The molecule has 0 saturated carbocycles. The SMILES string of the molecule is CCC(Br)CNS(=O)(=O)c1ccccc1C. The molecule has 3 nitrogen and oxygen atoms in total. The van der Waals surface area contributed by atoms with Gasteiger partial charge >= 0.3 is 0 Å². The van der Waals surface area contributed by atoms with Crippen LogP contribution in [0.3, 0.4) is 0 Å². The van der Waals surface area contributed by atoms with Crippen LogP contribution in [-0.2, 0) is 10.0 Å². The number of alkyl halides is 1. The minimum absolute atomic E-state index is 0.172. The molecule has 0 aliphatic heterocycles. The summed E-state index contributed by atoms with van der Waals surface area (Å²) >= 11 is 3.39. The van der Waals surface area contributed by atoms with Crippen molar-refractivity contribution in [3.63, 3.8) is 0 Å². The molecular weight excluding hydrogens is 290 g/mol. The lowest BCUT2D eigenvalue weighted by Crippen LogP contribution is -2.29. The Bertz CT molecular complexity index is 445. The minimum atomic E-state index is -3.38. The van der Waals surface area contributed by atoms with Crippen molar-refractivity contribution < 1.29 is 8.42 Å². The van der Waals surface area contributed by atoms with Crippen LogP contribution in [0.5, 0.6) is 0 Å². The van der Waals surface area contributed by atoms with Gasteiger partial charge in [-0.25, -0.2) is 13.1 Å². The molecule has 1 atom stereocenters. The molecule has 1 N–H and O–H groups in total. The topological polar surface area (TPSA) is 46.2 Å². The highest BCUT2D eigenvalue weighted by Gasteiger charge is 2.16. The van der Waals surface area contributed by atoms with Crippen molar-refractivity contribution in [2.45, 2.75) is 30.0 Å². The second kappa shape index (κ2) is 5.80. The number of rotatable bonds is 5. The fourth-order valence-corrected chi connectivity index (χ4v) is 2.98. The highest BCUT2D eigenvalue weighted by Crippen LogP contribution is 2.14. The summed E-state index contributed by atoms with van der Waals surface area (Å²) < 4.78 is 26.5. The third-order valence-electron chi connectivity index (χ3n) is 2.32. The van der Waals surface area contributed by atoms with E-state index in [0.717, 1.165) is 12.0 Å². The van der Waals surface area contributed by atoms with Crippen molar-refractivity contribution in [3.05, 3.63) is 29.8 Å². The first-order chi connectivity index (χ1) is 7.47. The lowest BCUT2D eigenvalue weighted by atomic mass is 10.2. The number of hydrogen-bond donors (Lipinski definition) is 1. The van der Waals surface area contributed by atoms with Crippen LogP contribution in [0.15, 0.2) is 29.2 Å². The van der Waals surface area contributed by atoms with Gasteiger partial charge in [-0.3, -0.25) is 0 Å². The first kappa shape index (κ1) is 13.7. The van der Waals surface area contributed by atoms with Gasteiger partial charge in [-0.15, -0.1) is 0 Å². The summed E-state index contributed by atoms with van der Waals surface area (Å²) in [6.45, 7) is 4.20. The number of halogens is 1. The Labute approximate surface area is 105 Å². The molecule has 0 aliphatic rings. The van der Waals surface area contributed by atoms with E-state index >= 15 is 0 Å². The fraction of sp³-hybridized carbons (Fsp3) is 0.455. The molecule has 0 fully saturated rings. The number of benzene rings is 1. The largest absolute Gasteiger partial charge is 0.240 e. The van der Waals surface area contributed by atoms with Crippen molar-refractivity contribution in [2.75, 3.05) is 6.54 Å². The Kier molecular flexibility index (Phi) is 4.95. The zero-order chi connectivity index (χ0) is 12.2. The highest BCUT2D eigenvalue weighted by molar-refractivity contribution is 9.09. The summed E-state index contributed by atoms with van der Waals surface area (Å²) in [5, 5.41) is 0. The Hall–Kier alpha value is -0.390. The summed E-state index contributed by atoms with van der Waals surface area (Å²) in [5.41, 5.74) is 0.762. The second-order valence-electron chi connectivity index (χ2n) is 3.62. The van der Waals surface area contributed by atoms with Gasteiger partial charge in [0.25, 0.3) is 0 Å². The van der Waals surface area contributed by atoms with Gasteiger partial charge in [0.05, 0.1) is 4.90 Å². The molecule has 90 valence electrons. The first-order valence-corrected chi connectivity index (χ1v) is 7.56. The van der Waals surface area contributed by atoms with E-state index < -0.39 is 10.0 Å². The zero-order valence-electron chi connectivity index (χ0n) is 9.40. The summed E-state index contributed by atoms with van der Waals surface area (Å²) in [6, 6.07) is 6.97. The normalized spacial score (nSPS) is 13.7. The molecule has 0 heterocycles. The molecule has 16 heavy (non-hydrogen) atoms. The van der Waals surface area contributed by atoms with Gasteiger partial charge in [0.1, 0.15) is 0 Å². The van der Waals surface area contributed by atoms with Gasteiger partial charge in [0.15, 0.2) is 0 Å². The minimum Gasteiger partial charge on any atom is -0.210 e. The quantitative estimate of drug-likeness (QED) is 0.849. The third-order valence-corrected chi connectivity index (χ3v) is 4.88. The highest BCUT2D eigenvalue weighted by atomic mass is 79.9. The van der Waals surface area contributed by atoms with Gasteiger partial charge in [0, 0.05) is 11.4 Å². The average Bonchev–Trinajstić information content (AvgIpc) is 2.26. The van der Waals surface area contributed by atoms with E-state index in [1.807, 2.05) is 13.0 Å². The lowest BCUT2D eigenvalue weighted by Gasteiger charge is -2.11. The third kappa shape index (κ3) is 3.57. The van der Waals surface area contributed by atoms with Crippen LogP contribution >= 0.6 is 15.9 Å². The van der Waals surface area contributed by atoms with Gasteiger partial charge in [-0.1, -0.05) is 41.1 Å². The average molecular weight is 306 g/mol. The summed E-state index contributed by atoms with van der Waals surface area (Å²) in [7, 11) is -3.38. The predicted molar refractivity (Wildman–Crippen MR) is 69.4 cm³/mol. The first-order valence-electron chi connectivity index (χ1n) is 5.16. The molecule has 0 amide bonds. The van der Waals surface area contributed by atoms with Crippen molar-refractivity contribution in [3.8, 4) is 0 Å². The predicted octanol–water partition coefficient (Wildman–Crippen LogP) is 2.45. The molecule has 0 aliphatic carbocycles. The molecule has 0 saturated heterocycles. The number of hydrogen-bond acceptors (Lipinski definition) is 2. The van der Waals surface area contributed by atoms with E-state index in [1.54, 1.807) is 25.1 Å². The molecular formula is C11H16BrNO2S. The van der Waals surface area contributed by atoms with Crippen LogP contribution in [0.4, 0.5) is 0 Å². The molecule has 0 bridgehead atoms. The van der Waals surface area contributed by atoms with E-state index in [1.165, 1.54) is 0 Å². The van der Waals surface area contributed by atoms with E-state index in [2.05, 4.69) is 20.7 Å². The number of sulfonamides is 1. The molecule has 1 aromatic rings. The maximum atomic E-state index is 11.9. The maximum absolute atomic E-state index is 11.9. The van der Waals surface area contributed by atoms with E-state index in [9.17, 15) is 8.42 Å². The maximum Gasteiger partial charge on any atom is 0.240 e. The van der Waals surface area contributed by atoms with Crippen molar-refractivity contribution in [1.29, 1.82) is 0 Å². The fourth-order valence-electron chi connectivity index (χ4n) is 1.28. The summed E-state index contributed by atoms with van der Waals surface area (Å²) in [5.74, 6) is 0. The molecule has 0 aromatic heterocycles. The van der Waals surface area contributed by atoms with Crippen LogP contribution in [0.25, 0.3) is 0 Å². The summed E-state index contributed by atoms with van der Waals surface area (Å²) in [4.78, 5) is 0.525. The van der Waals surface area contributed by atoms with E-state index in [0.29, 0.717) is 11.4 Å². The Morgan fingerprint density at radius 1 is 1.38 bits per heavy atom. The van der Waals surface area contributed by atoms with Crippen LogP contribution < -0.4 is 4.72 Å². The smallest absolute Gasteiger partial charge is 0.210 e. The van der Waals surface area contributed by atoms with Crippen LogP contribution in [0.2, 0.25) is 0 Å². The standard InChI is InChI=1S/C11H16BrNO2S/c1-3-10(12)8-13-16(14,15)11-7-5-4-6-9(11)2/h4-7,10,13H,3,8H2,1-2H3. The van der Waals surface area contributed by atoms with Crippen LogP contribution in [0, 0.1) is 6.92 Å². The molecule has 0 spiro atoms. The van der Waals surface area contributed by atoms with Gasteiger partial charge in [-0.2, -0.15) is 0 Å². The van der Waals surface area contributed by atoms with Crippen LogP contribution in [0.1, 0.15) is 18.9 Å². The lowest BCUT2D eigenvalue weighted by molar-refractivity contribution is 0.579. The molecule has 1 aromatic carbocycles. The van der Waals surface area contributed by atoms with Gasteiger partial charge < -0.3 is 0 Å². The van der Waals surface area contributed by atoms with Crippen molar-refractivity contribution in [1.82, 2.24) is 4.72 Å². The van der Waals surface area contributed by atoms with Crippen LogP contribution in [-0.4, -0.2) is 19.8 Å². The molecule has 0 radical (unpaired) electrons. The second-order valence-corrected chi connectivity index (χ2v) is 6.65. The van der Waals surface area contributed by atoms with Gasteiger partial charge in [0.2, 0.25) is 10.0 Å². The van der Waals surface area contributed by atoms with Gasteiger partial charge in [-0.05, 0) is 25.0 Å². The number of aryl methyl sites for hydroxylation is 1. The van der Waals surface area contributed by atoms with Crippen molar-refractivity contribution >= 4 is 26.0 Å². The molecule has 1 rings (SSSR count). The number of nitrogens with one attached hydrogen (secondary N) is 1. The molecule has 5 heteroatoms. The zero-order valence-corrected chi connectivity index (χ0v) is 11.8. The Balaban J connectivity index is 2.83. The van der Waals surface area contributed by atoms with E-state index in [-0.39, 0.29) is 4.83 Å². The Morgan fingerprint density at radius 3 is 2.56 bits per heavy atom. The van der Waals surface area contributed by atoms with E-state index in [4.69, 9.17) is 0 Å². The monoisotopic (exact) mass is 305 g/mol. The van der Waals surface area contributed by atoms with Crippen molar-refractivity contribution in [2.24, 2.45) is 0 Å². The molecule has 1 unspecified atom stereocenters. The Morgan fingerprint density at radius 2 is 2.00 bits per heavy atom.